The maximum atomic E-state index is 12.6. The molecule has 0 saturated heterocycles. The normalized spacial score (nSPS) is 12.6. The van der Waals surface area contributed by atoms with Gasteiger partial charge < -0.3 is 19.9 Å². The summed E-state index contributed by atoms with van der Waals surface area (Å²) in [5.41, 5.74) is 22.4. The maximum absolute atomic E-state index is 12.6. The SMILES string of the molecule is Cc1cc(Cl)ccc1-c1cc(=O)[nH]c2c(-c3ccc(Cl)c(Cl)c3)c(C3CC3)nn12.Cc1cc(Cl)ccc1-c1cc(=O)[nH]c2c(-c3ccc(Cl)cc3)c(C)nn12.Cc1cc([N+](=O)[O-])ccc1-c1cc(=O)[nH]c2c(-c3ccc(Cl)c(Cl)c3)c(C3CC3)nn12.Cc1ccccc1-c1cc(=O)[nH]c2c(-c3ccc(Cl)cc3)c(C)nn12. The number of hydrogen-bond acceptors (Lipinski definition) is 10. The van der Waals surface area contributed by atoms with Crippen molar-refractivity contribution in [2.24, 2.45) is 0 Å². The van der Waals surface area contributed by atoms with Crippen LogP contribution < -0.4 is 22.2 Å². The number of aromatic nitrogens is 12. The largest absolute Gasteiger partial charge is 0.306 e. The molecule has 0 unspecified atom stereocenters. The molecule has 8 heterocycles. The number of nitrogens with zero attached hydrogens (tertiary/aromatic N) is 9. The Morgan fingerprint density at radius 3 is 1.01 bits per heavy atom. The highest BCUT2D eigenvalue weighted by Crippen LogP contribution is 2.48. The zero-order valence-corrected chi connectivity index (χ0v) is 65.9. The first kappa shape index (κ1) is 75.6. The van der Waals surface area contributed by atoms with Crippen molar-refractivity contribution >= 4 is 121 Å². The molecule has 2 saturated carbocycles. The van der Waals surface area contributed by atoms with Gasteiger partial charge in [-0.05, 0) is 191 Å². The van der Waals surface area contributed by atoms with Gasteiger partial charge in [-0.25, -0.2) is 18.1 Å². The van der Waals surface area contributed by atoms with Crippen molar-refractivity contribution < 1.29 is 4.92 Å². The second kappa shape index (κ2) is 30.8. The Hall–Kier alpha value is -10.8. The molecule has 4 N–H and O–H groups in total. The number of rotatable bonds is 11. The third-order valence-electron chi connectivity index (χ3n) is 19.6. The molecule has 0 spiro atoms. The van der Waals surface area contributed by atoms with Crippen molar-refractivity contribution in [3.8, 4) is 89.5 Å². The highest BCUT2D eigenvalue weighted by Gasteiger charge is 2.34. The van der Waals surface area contributed by atoms with Crippen LogP contribution in [-0.2, 0) is 0 Å². The number of fused-ring (bicyclic) bond motifs is 4. The van der Waals surface area contributed by atoms with E-state index in [4.69, 9.17) is 103 Å². The number of non-ortho nitro benzene ring substituents is 1. The molecule has 8 aromatic carbocycles. The molecule has 2 fully saturated rings. The van der Waals surface area contributed by atoms with Gasteiger partial charge in [0.2, 0.25) is 0 Å². The first-order valence-electron chi connectivity index (χ1n) is 35.1. The zero-order valence-electron chi connectivity index (χ0n) is 59.9. The molecule has 19 nitrogen and oxygen atoms in total. The lowest BCUT2D eigenvalue weighted by molar-refractivity contribution is -0.384. The van der Waals surface area contributed by atoms with E-state index in [1.54, 1.807) is 58.4 Å². The maximum Gasteiger partial charge on any atom is 0.269 e. The molecule has 2 aliphatic carbocycles. The van der Waals surface area contributed by atoms with E-state index in [1.165, 1.54) is 18.2 Å². The molecule has 8 aromatic heterocycles. The van der Waals surface area contributed by atoms with E-state index in [-0.39, 0.29) is 27.9 Å². The van der Waals surface area contributed by atoms with Gasteiger partial charge in [-0.2, -0.15) is 20.4 Å². The number of hydrogen-bond donors (Lipinski definition) is 4. The molecule has 27 heteroatoms. The number of benzene rings is 8. The number of nitro benzene ring substituents is 1. The predicted octanol–water partition coefficient (Wildman–Crippen LogP) is 22.2. The van der Waals surface area contributed by atoms with Crippen LogP contribution in [0.3, 0.4) is 0 Å². The van der Waals surface area contributed by atoms with Crippen molar-refractivity contribution in [2.75, 3.05) is 0 Å². The molecule has 111 heavy (non-hydrogen) atoms. The molecule has 16 aromatic rings. The lowest BCUT2D eigenvalue weighted by Gasteiger charge is -2.09. The second-order valence-corrected chi connectivity index (χ2v) is 30.7. The van der Waals surface area contributed by atoms with Gasteiger partial charge in [-0.15, -0.1) is 0 Å². The summed E-state index contributed by atoms with van der Waals surface area (Å²) in [4.78, 5) is 72.3. The van der Waals surface area contributed by atoms with Gasteiger partial charge in [-0.1, -0.05) is 166 Å². The van der Waals surface area contributed by atoms with Gasteiger partial charge in [0.1, 0.15) is 22.6 Å². The second-order valence-electron chi connectivity index (χ2n) is 27.4. The minimum atomic E-state index is -0.439. The standard InChI is InChI=1S/C22H16Cl3N3O.C22H16Cl2N4O3.C20H15Cl2N3O.C20H16ClN3O/c1-11-8-14(23)5-6-15(11)18-10-19(29)26-22-20(13-4-7-16(24)17(25)9-13)21(12-2-3-12)27-28(18)22;1-11-8-14(28(30)31)5-6-15(11)18-10-19(29)25-22-20(13-4-7-16(23)17(24)9-13)21(12-2-3-12)26-27(18)22;1-11-9-15(22)7-8-16(11)17-10-18(26)23-20-19(12(2)24-25(17)20)13-3-5-14(21)6-4-13;1-12-5-3-4-6-16(12)17-11-18(25)22-20-19(13(2)23-24(17)20)14-7-9-15(21)10-8-14/h4-10,12H,2-3H2,1H3,(H,26,29);4-10,12H,2-3H2,1H3,(H,25,29);3-10H,1-2H3,(H,23,26);3-11H,1-2H3,(H,22,25). The van der Waals surface area contributed by atoms with Crippen molar-refractivity contribution in [3.63, 3.8) is 0 Å². The Bertz CT molecular complexity index is 6710. The van der Waals surface area contributed by atoms with Crippen LogP contribution in [0.25, 0.3) is 112 Å². The van der Waals surface area contributed by atoms with E-state index < -0.39 is 4.92 Å². The number of aryl methyl sites for hydroxylation is 6. The first-order valence-corrected chi connectivity index (χ1v) is 38.1. The number of H-pyrrole nitrogens is 4. The highest BCUT2D eigenvalue weighted by molar-refractivity contribution is 6.43. The fraction of sp³-hybridized carbons (Fsp3) is 0.143. The Morgan fingerprint density at radius 2 is 0.667 bits per heavy atom. The summed E-state index contributed by atoms with van der Waals surface area (Å²) in [6.07, 6.45) is 4.21. The molecule has 0 bridgehead atoms. The van der Waals surface area contributed by atoms with Gasteiger partial charge in [0.25, 0.3) is 27.9 Å². The molecule has 18 rings (SSSR count). The fourth-order valence-electron chi connectivity index (χ4n) is 14.0. The third-order valence-corrected chi connectivity index (χ3v) is 22.0. The van der Waals surface area contributed by atoms with Crippen LogP contribution in [0.15, 0.2) is 207 Å². The Morgan fingerprint density at radius 1 is 0.342 bits per heavy atom. The van der Waals surface area contributed by atoms with E-state index in [2.05, 4.69) is 30.1 Å². The Balaban J connectivity index is 0.000000118. The smallest absolute Gasteiger partial charge is 0.269 e. The molecular formula is C84H63Cl8N13O6. The van der Waals surface area contributed by atoms with E-state index >= 15 is 0 Å². The molecule has 556 valence electrons. The molecule has 0 atom stereocenters. The Kier molecular flexibility index (Phi) is 21.0. The van der Waals surface area contributed by atoms with Gasteiger partial charge in [0.15, 0.2) is 0 Å². The fourth-order valence-corrected chi connectivity index (χ4v) is 15.3. The average molecular weight is 1630 g/mol. The summed E-state index contributed by atoms with van der Waals surface area (Å²) in [5.74, 6) is 0.681. The summed E-state index contributed by atoms with van der Waals surface area (Å²) in [5, 5.41) is 34.7. The number of halogens is 8. The summed E-state index contributed by atoms with van der Waals surface area (Å²) in [6, 6.07) is 55.9. The van der Waals surface area contributed by atoms with Crippen LogP contribution in [0, 0.1) is 51.7 Å². The minimum Gasteiger partial charge on any atom is -0.306 e. The number of nitrogens with one attached hydrogen (secondary N) is 4. The van der Waals surface area contributed by atoms with Crippen LogP contribution in [0.1, 0.15) is 82.5 Å². The summed E-state index contributed by atoms with van der Waals surface area (Å²) < 4.78 is 7.12. The monoisotopic (exact) mass is 1630 g/mol. The van der Waals surface area contributed by atoms with Crippen LogP contribution in [0.5, 0.6) is 0 Å². The molecule has 0 amide bonds. The van der Waals surface area contributed by atoms with Gasteiger partial charge in [-0.3, -0.25) is 29.3 Å². The van der Waals surface area contributed by atoms with Crippen LogP contribution >= 0.6 is 92.8 Å². The van der Waals surface area contributed by atoms with E-state index in [1.807, 2.05) is 171 Å². The van der Waals surface area contributed by atoms with E-state index in [0.717, 1.165) is 143 Å². The summed E-state index contributed by atoms with van der Waals surface area (Å²) in [6.45, 7) is 11.6. The number of aromatic amines is 4. The van der Waals surface area contributed by atoms with Crippen molar-refractivity contribution in [1.29, 1.82) is 0 Å². The Labute approximate surface area is 672 Å². The van der Waals surface area contributed by atoms with Gasteiger partial charge in [0, 0.05) is 113 Å². The summed E-state index contributed by atoms with van der Waals surface area (Å²) >= 11 is 49.0. The van der Waals surface area contributed by atoms with Crippen LogP contribution in [0.2, 0.25) is 40.2 Å². The lowest BCUT2D eigenvalue weighted by atomic mass is 10.0. The summed E-state index contributed by atoms with van der Waals surface area (Å²) in [7, 11) is 0. The quantitative estimate of drug-likeness (QED) is 0.0705. The highest BCUT2D eigenvalue weighted by atomic mass is 35.5. The zero-order chi connectivity index (χ0) is 78.1. The van der Waals surface area contributed by atoms with E-state index in [0.29, 0.717) is 91.4 Å². The first-order chi connectivity index (χ1) is 53.2. The predicted molar refractivity (Wildman–Crippen MR) is 446 cm³/mol. The van der Waals surface area contributed by atoms with Gasteiger partial charge >= 0.3 is 0 Å². The molecule has 0 radical (unpaired) electrons. The molecule has 0 aliphatic heterocycles. The number of nitro groups is 1. The van der Waals surface area contributed by atoms with E-state index in [9.17, 15) is 29.3 Å². The lowest BCUT2D eigenvalue weighted by Crippen LogP contribution is -2.10. The van der Waals surface area contributed by atoms with Crippen molar-refractivity contribution in [2.45, 2.75) is 79.1 Å². The molecule has 2 aliphatic rings. The topological polar surface area (TPSA) is 244 Å². The average Bonchev–Trinajstić information content (AvgIpc) is 1.80. The van der Waals surface area contributed by atoms with Crippen LogP contribution in [-0.4, -0.2) is 63.3 Å². The molecular weight excluding hydrogens is 1570 g/mol. The van der Waals surface area contributed by atoms with Crippen LogP contribution in [0.4, 0.5) is 5.69 Å². The van der Waals surface area contributed by atoms with Crippen molar-refractivity contribution in [1.82, 2.24) is 58.4 Å². The van der Waals surface area contributed by atoms with Crippen molar-refractivity contribution in [3.05, 3.63) is 325 Å². The third kappa shape index (κ3) is 15.3. The van der Waals surface area contributed by atoms with Gasteiger partial charge in [0.05, 0.1) is 70.6 Å². The minimum absolute atomic E-state index is 0.00188.